The Labute approximate surface area is 149 Å². The standard InChI is InChI=1S/C18H20FN3O2S/c1-12-5-6-13(9-15(12)19)8-14-10-20-18(25-14)21-16(23)11-22-7-3-2-4-17(22)24/h5-6,9-10H,2-4,7-8,11H2,1H3,(H,20,21,23). The van der Waals surface area contributed by atoms with Gasteiger partial charge >= 0.3 is 0 Å². The van der Waals surface area contributed by atoms with Gasteiger partial charge in [0.25, 0.3) is 0 Å². The lowest BCUT2D eigenvalue weighted by Gasteiger charge is -2.25. The summed E-state index contributed by atoms with van der Waals surface area (Å²) >= 11 is 1.36. The van der Waals surface area contributed by atoms with Crippen molar-refractivity contribution in [2.24, 2.45) is 0 Å². The maximum absolute atomic E-state index is 13.6. The molecule has 0 bridgehead atoms. The molecule has 2 heterocycles. The average Bonchev–Trinajstić information content (AvgIpc) is 3.00. The maximum Gasteiger partial charge on any atom is 0.245 e. The van der Waals surface area contributed by atoms with Crippen molar-refractivity contribution in [3.05, 3.63) is 46.2 Å². The van der Waals surface area contributed by atoms with E-state index >= 15 is 0 Å². The van der Waals surface area contributed by atoms with Gasteiger partial charge in [-0.3, -0.25) is 9.59 Å². The predicted octanol–water partition coefficient (Wildman–Crippen LogP) is 3.13. The highest BCUT2D eigenvalue weighted by molar-refractivity contribution is 7.15. The van der Waals surface area contributed by atoms with Crippen LogP contribution in [0.15, 0.2) is 24.4 Å². The molecule has 1 fully saturated rings. The Bertz CT molecular complexity index is 790. The number of nitrogens with zero attached hydrogens (tertiary/aromatic N) is 2. The number of likely N-dealkylation sites (tertiary alicyclic amines) is 1. The van der Waals surface area contributed by atoms with Gasteiger partial charge in [-0.1, -0.05) is 12.1 Å². The van der Waals surface area contributed by atoms with Crippen LogP contribution < -0.4 is 5.32 Å². The Morgan fingerprint density at radius 3 is 3.00 bits per heavy atom. The summed E-state index contributed by atoms with van der Waals surface area (Å²) < 4.78 is 13.6. The Morgan fingerprint density at radius 1 is 1.40 bits per heavy atom. The first-order chi connectivity index (χ1) is 12.0. The number of hydrogen-bond acceptors (Lipinski definition) is 4. The predicted molar refractivity (Wildman–Crippen MR) is 95.1 cm³/mol. The molecule has 1 aromatic heterocycles. The van der Waals surface area contributed by atoms with Crippen molar-refractivity contribution in [2.45, 2.75) is 32.6 Å². The van der Waals surface area contributed by atoms with E-state index in [2.05, 4.69) is 10.3 Å². The van der Waals surface area contributed by atoms with E-state index in [1.165, 1.54) is 17.4 Å². The molecule has 25 heavy (non-hydrogen) atoms. The second-order valence-electron chi connectivity index (χ2n) is 6.21. The number of aromatic nitrogens is 1. The maximum atomic E-state index is 13.6. The quantitative estimate of drug-likeness (QED) is 0.890. The number of halogens is 1. The van der Waals surface area contributed by atoms with Crippen LogP contribution in [0.2, 0.25) is 0 Å². The monoisotopic (exact) mass is 361 g/mol. The molecule has 0 spiro atoms. The largest absolute Gasteiger partial charge is 0.333 e. The topological polar surface area (TPSA) is 62.3 Å². The molecular formula is C18H20FN3O2S. The zero-order chi connectivity index (χ0) is 17.8. The van der Waals surface area contributed by atoms with Gasteiger partial charge in [-0.05, 0) is 37.0 Å². The minimum atomic E-state index is -0.238. The molecule has 0 radical (unpaired) electrons. The van der Waals surface area contributed by atoms with Gasteiger partial charge < -0.3 is 10.2 Å². The Kier molecular flexibility index (Phi) is 5.43. The number of rotatable bonds is 5. The van der Waals surface area contributed by atoms with Crippen LogP contribution in [0, 0.1) is 12.7 Å². The Hall–Kier alpha value is -2.28. The molecule has 132 valence electrons. The SMILES string of the molecule is Cc1ccc(Cc2cnc(NC(=O)CN3CCCCC3=O)s2)cc1F. The summed E-state index contributed by atoms with van der Waals surface area (Å²) in [5.74, 6) is -0.429. The van der Waals surface area contributed by atoms with Gasteiger partial charge in [-0.2, -0.15) is 0 Å². The fraction of sp³-hybridized carbons (Fsp3) is 0.389. The average molecular weight is 361 g/mol. The van der Waals surface area contributed by atoms with E-state index in [1.54, 1.807) is 24.1 Å². The molecule has 0 saturated carbocycles. The number of carbonyl (C=O) groups excluding carboxylic acids is 2. The third-order valence-electron chi connectivity index (χ3n) is 4.17. The number of hydrogen-bond donors (Lipinski definition) is 1. The summed E-state index contributed by atoms with van der Waals surface area (Å²) in [5, 5.41) is 3.23. The molecule has 3 rings (SSSR count). The summed E-state index contributed by atoms with van der Waals surface area (Å²) in [6.45, 7) is 2.43. The van der Waals surface area contributed by atoms with E-state index in [4.69, 9.17) is 0 Å². The van der Waals surface area contributed by atoms with Crippen molar-refractivity contribution in [1.82, 2.24) is 9.88 Å². The number of thiazole rings is 1. The molecular weight excluding hydrogens is 341 g/mol. The fourth-order valence-electron chi connectivity index (χ4n) is 2.76. The molecule has 1 aromatic carbocycles. The molecule has 2 aromatic rings. The van der Waals surface area contributed by atoms with E-state index in [1.807, 2.05) is 6.07 Å². The Balaban J connectivity index is 1.56. The third kappa shape index (κ3) is 4.63. The zero-order valence-electron chi connectivity index (χ0n) is 14.0. The number of carbonyl (C=O) groups is 2. The van der Waals surface area contributed by atoms with Gasteiger partial charge in [0.2, 0.25) is 11.8 Å². The first kappa shape index (κ1) is 17.5. The number of piperidine rings is 1. The Morgan fingerprint density at radius 2 is 2.24 bits per heavy atom. The summed E-state index contributed by atoms with van der Waals surface area (Å²) in [6, 6.07) is 5.16. The molecule has 1 aliphatic heterocycles. The minimum absolute atomic E-state index is 0.0302. The highest BCUT2D eigenvalue weighted by Gasteiger charge is 2.20. The van der Waals surface area contributed by atoms with Gasteiger partial charge in [0.05, 0.1) is 6.54 Å². The van der Waals surface area contributed by atoms with E-state index in [0.717, 1.165) is 23.3 Å². The summed E-state index contributed by atoms with van der Waals surface area (Å²) in [4.78, 5) is 30.5. The molecule has 7 heteroatoms. The van der Waals surface area contributed by atoms with Crippen molar-refractivity contribution >= 4 is 28.3 Å². The fourth-order valence-corrected chi connectivity index (χ4v) is 3.62. The zero-order valence-corrected chi connectivity index (χ0v) is 14.9. The lowest BCUT2D eigenvalue weighted by molar-refractivity contribution is -0.136. The van der Waals surface area contributed by atoms with Crippen LogP contribution in [0.4, 0.5) is 9.52 Å². The summed E-state index contributed by atoms with van der Waals surface area (Å²) in [6.07, 6.45) is 4.60. The lowest BCUT2D eigenvalue weighted by atomic mass is 10.1. The highest BCUT2D eigenvalue weighted by atomic mass is 32.1. The van der Waals surface area contributed by atoms with Crippen LogP contribution in [0.3, 0.4) is 0 Å². The normalized spacial score (nSPS) is 14.6. The second kappa shape index (κ2) is 7.74. The molecule has 0 atom stereocenters. The van der Waals surface area contributed by atoms with Gasteiger partial charge in [0, 0.05) is 30.5 Å². The molecule has 2 amide bonds. The smallest absolute Gasteiger partial charge is 0.245 e. The van der Waals surface area contributed by atoms with Crippen molar-refractivity contribution in [3.63, 3.8) is 0 Å². The van der Waals surface area contributed by atoms with E-state index in [0.29, 0.717) is 30.1 Å². The van der Waals surface area contributed by atoms with Crippen molar-refractivity contribution in [3.8, 4) is 0 Å². The second-order valence-corrected chi connectivity index (χ2v) is 7.33. The van der Waals surface area contributed by atoms with Crippen LogP contribution in [-0.4, -0.2) is 34.8 Å². The first-order valence-corrected chi connectivity index (χ1v) is 9.10. The van der Waals surface area contributed by atoms with Crippen molar-refractivity contribution < 1.29 is 14.0 Å². The van der Waals surface area contributed by atoms with E-state index < -0.39 is 0 Å². The molecule has 5 nitrogen and oxygen atoms in total. The van der Waals surface area contributed by atoms with E-state index in [9.17, 15) is 14.0 Å². The van der Waals surface area contributed by atoms with E-state index in [-0.39, 0.29) is 24.2 Å². The number of aryl methyl sites for hydroxylation is 1. The number of nitrogens with one attached hydrogen (secondary N) is 1. The van der Waals surface area contributed by atoms with Crippen LogP contribution in [0.25, 0.3) is 0 Å². The molecule has 1 N–H and O–H groups in total. The van der Waals surface area contributed by atoms with Gasteiger partial charge in [0.15, 0.2) is 5.13 Å². The van der Waals surface area contributed by atoms with Crippen LogP contribution >= 0.6 is 11.3 Å². The van der Waals surface area contributed by atoms with Gasteiger partial charge in [-0.15, -0.1) is 11.3 Å². The first-order valence-electron chi connectivity index (χ1n) is 8.28. The van der Waals surface area contributed by atoms with Gasteiger partial charge in [-0.25, -0.2) is 9.37 Å². The highest BCUT2D eigenvalue weighted by Crippen LogP contribution is 2.22. The number of amides is 2. The molecule has 0 unspecified atom stereocenters. The molecule has 1 aliphatic rings. The van der Waals surface area contributed by atoms with Crippen molar-refractivity contribution in [2.75, 3.05) is 18.4 Å². The van der Waals surface area contributed by atoms with Crippen LogP contribution in [0.1, 0.15) is 35.3 Å². The number of benzene rings is 1. The van der Waals surface area contributed by atoms with Crippen LogP contribution in [-0.2, 0) is 16.0 Å². The van der Waals surface area contributed by atoms with Crippen LogP contribution in [0.5, 0.6) is 0 Å². The summed E-state index contributed by atoms with van der Waals surface area (Å²) in [5.41, 5.74) is 1.48. The number of anilines is 1. The third-order valence-corrected chi connectivity index (χ3v) is 5.08. The molecule has 1 saturated heterocycles. The summed E-state index contributed by atoms with van der Waals surface area (Å²) in [7, 11) is 0. The van der Waals surface area contributed by atoms with Crippen molar-refractivity contribution in [1.29, 1.82) is 0 Å². The van der Waals surface area contributed by atoms with Gasteiger partial charge in [0.1, 0.15) is 5.82 Å². The minimum Gasteiger partial charge on any atom is -0.333 e. The molecule has 0 aliphatic carbocycles. The lowest BCUT2D eigenvalue weighted by Crippen LogP contribution is -2.40.